The van der Waals surface area contributed by atoms with Gasteiger partial charge in [0.25, 0.3) is 11.5 Å². The van der Waals surface area contributed by atoms with Gasteiger partial charge in [0.05, 0.1) is 13.4 Å². The van der Waals surface area contributed by atoms with Gasteiger partial charge in [0.1, 0.15) is 0 Å². The number of amides is 1. The van der Waals surface area contributed by atoms with Crippen LogP contribution < -0.4 is 20.3 Å². The van der Waals surface area contributed by atoms with E-state index in [9.17, 15) is 9.59 Å². The number of carbonyl (C=O) groups is 1. The third kappa shape index (κ3) is 4.82. The maximum atomic E-state index is 12.2. The fourth-order valence-electron chi connectivity index (χ4n) is 2.28. The van der Waals surface area contributed by atoms with Gasteiger partial charge < -0.3 is 14.8 Å². The molecule has 0 bridgehead atoms. The maximum absolute atomic E-state index is 12.2. The molecule has 0 aliphatic rings. The van der Waals surface area contributed by atoms with E-state index >= 15 is 0 Å². The largest absolute Gasteiger partial charge is 0.493 e. The molecule has 1 aromatic heterocycles. The highest BCUT2D eigenvalue weighted by Crippen LogP contribution is 2.28. The molecule has 1 atom stereocenters. The van der Waals surface area contributed by atoms with Crippen LogP contribution in [0.25, 0.3) is 0 Å². The molecule has 0 fully saturated rings. The lowest BCUT2D eigenvalue weighted by Crippen LogP contribution is -2.39. The predicted molar refractivity (Wildman–Crippen MR) is 94.1 cm³/mol. The Hall–Kier alpha value is -2.83. The quantitative estimate of drug-likeness (QED) is 0.821. The highest BCUT2D eigenvalue weighted by atomic mass is 16.5. The van der Waals surface area contributed by atoms with Gasteiger partial charge in [-0.05, 0) is 38.5 Å². The molecule has 0 saturated heterocycles. The molecule has 7 nitrogen and oxygen atoms in total. The summed E-state index contributed by atoms with van der Waals surface area (Å²) in [6.45, 7) is 5.97. The monoisotopic (exact) mass is 345 g/mol. The second kappa shape index (κ2) is 8.32. The second-order valence-electron chi connectivity index (χ2n) is 5.78. The number of hydrogen-bond acceptors (Lipinski definition) is 5. The van der Waals surface area contributed by atoms with Gasteiger partial charge in [-0.1, -0.05) is 6.07 Å². The molecule has 25 heavy (non-hydrogen) atoms. The Morgan fingerprint density at radius 3 is 2.80 bits per heavy atom. The molecule has 134 valence electrons. The molecule has 0 aliphatic heterocycles. The summed E-state index contributed by atoms with van der Waals surface area (Å²) in [5, 5.41) is 2.75. The molecule has 0 saturated carbocycles. The Morgan fingerprint density at radius 1 is 1.32 bits per heavy atom. The standard InChI is InChI=1S/C18H23N3O4/c1-12-5-6-15(16(9-12)24-4)25-14(3)17(22)20-7-8-21-11-19-10-13(2)18(21)23/h5-6,9-11,14H,7-8H2,1-4H3,(H,20,22). The van der Waals surface area contributed by atoms with Crippen LogP contribution in [0.5, 0.6) is 11.5 Å². The zero-order valence-corrected chi connectivity index (χ0v) is 14.9. The topological polar surface area (TPSA) is 82.4 Å². The number of methoxy groups -OCH3 is 1. The molecule has 1 unspecified atom stereocenters. The summed E-state index contributed by atoms with van der Waals surface area (Å²) in [5.74, 6) is 0.822. The molecular formula is C18H23N3O4. The third-order valence-corrected chi connectivity index (χ3v) is 3.72. The maximum Gasteiger partial charge on any atom is 0.260 e. The van der Waals surface area contributed by atoms with Crippen molar-refractivity contribution in [3.05, 3.63) is 52.2 Å². The number of hydrogen-bond donors (Lipinski definition) is 1. The lowest BCUT2D eigenvalue weighted by molar-refractivity contribution is -0.127. The van der Waals surface area contributed by atoms with E-state index in [1.807, 2.05) is 19.1 Å². The summed E-state index contributed by atoms with van der Waals surface area (Å²) in [7, 11) is 1.56. The molecule has 2 rings (SSSR count). The molecule has 1 N–H and O–H groups in total. The Bertz CT molecular complexity index is 801. The van der Waals surface area contributed by atoms with Gasteiger partial charge in [-0.2, -0.15) is 0 Å². The van der Waals surface area contributed by atoms with Gasteiger partial charge in [0.15, 0.2) is 17.6 Å². The van der Waals surface area contributed by atoms with Crippen molar-refractivity contribution in [1.29, 1.82) is 0 Å². The SMILES string of the molecule is COc1cc(C)ccc1OC(C)C(=O)NCCn1cncc(C)c1=O. The van der Waals surface area contributed by atoms with Crippen LogP contribution in [0.3, 0.4) is 0 Å². The number of aryl methyl sites for hydroxylation is 2. The smallest absolute Gasteiger partial charge is 0.260 e. The summed E-state index contributed by atoms with van der Waals surface area (Å²) in [4.78, 5) is 28.0. The minimum absolute atomic E-state index is 0.113. The van der Waals surface area contributed by atoms with Gasteiger partial charge >= 0.3 is 0 Å². The van der Waals surface area contributed by atoms with Crippen LogP contribution in [0.1, 0.15) is 18.1 Å². The predicted octanol–water partition coefficient (Wildman–Crippen LogP) is 1.45. The van der Waals surface area contributed by atoms with Crippen molar-refractivity contribution in [2.45, 2.75) is 33.4 Å². The summed E-state index contributed by atoms with van der Waals surface area (Å²) >= 11 is 0. The van der Waals surface area contributed by atoms with Gasteiger partial charge in [-0.15, -0.1) is 0 Å². The van der Waals surface area contributed by atoms with E-state index in [4.69, 9.17) is 9.47 Å². The Labute approximate surface area is 146 Å². The molecule has 1 amide bonds. The normalized spacial score (nSPS) is 11.7. The van der Waals surface area contributed by atoms with Crippen molar-refractivity contribution in [2.75, 3.05) is 13.7 Å². The Balaban J connectivity index is 1.90. The van der Waals surface area contributed by atoms with E-state index < -0.39 is 6.10 Å². The van der Waals surface area contributed by atoms with Crippen LogP contribution in [-0.2, 0) is 11.3 Å². The Kier molecular flexibility index (Phi) is 6.16. The summed E-state index contributed by atoms with van der Waals surface area (Å²) in [5.41, 5.74) is 1.49. The first-order valence-corrected chi connectivity index (χ1v) is 8.02. The first-order valence-electron chi connectivity index (χ1n) is 8.02. The highest BCUT2D eigenvalue weighted by molar-refractivity contribution is 5.80. The summed E-state index contributed by atoms with van der Waals surface area (Å²) in [6, 6.07) is 5.51. The van der Waals surface area contributed by atoms with Gasteiger partial charge in [0.2, 0.25) is 0 Å². The van der Waals surface area contributed by atoms with Crippen LogP contribution in [0.2, 0.25) is 0 Å². The lowest BCUT2D eigenvalue weighted by Gasteiger charge is -2.17. The lowest BCUT2D eigenvalue weighted by atomic mass is 10.2. The Morgan fingerprint density at radius 2 is 2.08 bits per heavy atom. The van der Waals surface area contributed by atoms with E-state index in [1.54, 1.807) is 27.0 Å². The number of nitrogens with zero attached hydrogens (tertiary/aromatic N) is 2. The van der Waals surface area contributed by atoms with Crippen molar-refractivity contribution >= 4 is 5.91 Å². The molecule has 7 heteroatoms. The van der Waals surface area contributed by atoms with Crippen LogP contribution in [0.4, 0.5) is 0 Å². The van der Waals surface area contributed by atoms with Crippen molar-refractivity contribution < 1.29 is 14.3 Å². The van der Waals surface area contributed by atoms with Crippen molar-refractivity contribution in [3.63, 3.8) is 0 Å². The van der Waals surface area contributed by atoms with Crippen molar-refractivity contribution in [3.8, 4) is 11.5 Å². The number of carbonyl (C=O) groups excluding carboxylic acids is 1. The molecular weight excluding hydrogens is 322 g/mol. The molecule has 1 aromatic carbocycles. The fraction of sp³-hybridized carbons (Fsp3) is 0.389. The van der Waals surface area contributed by atoms with Crippen LogP contribution in [-0.4, -0.2) is 35.2 Å². The number of aromatic nitrogens is 2. The minimum Gasteiger partial charge on any atom is -0.493 e. The van der Waals surface area contributed by atoms with E-state index in [-0.39, 0.29) is 11.5 Å². The second-order valence-corrected chi connectivity index (χ2v) is 5.78. The van der Waals surface area contributed by atoms with Crippen LogP contribution in [0.15, 0.2) is 35.5 Å². The zero-order chi connectivity index (χ0) is 18.4. The fourth-order valence-corrected chi connectivity index (χ4v) is 2.28. The van der Waals surface area contributed by atoms with E-state index in [1.165, 1.54) is 17.1 Å². The number of rotatable bonds is 7. The van der Waals surface area contributed by atoms with Crippen molar-refractivity contribution in [1.82, 2.24) is 14.9 Å². The first-order chi connectivity index (χ1) is 11.9. The summed E-state index contributed by atoms with van der Waals surface area (Å²) in [6.07, 6.45) is 2.28. The molecule has 0 radical (unpaired) electrons. The van der Waals surface area contributed by atoms with Crippen LogP contribution in [0, 0.1) is 13.8 Å². The van der Waals surface area contributed by atoms with E-state index in [2.05, 4.69) is 10.3 Å². The van der Waals surface area contributed by atoms with Gasteiger partial charge in [-0.25, -0.2) is 4.98 Å². The van der Waals surface area contributed by atoms with E-state index in [0.29, 0.717) is 30.2 Å². The third-order valence-electron chi connectivity index (χ3n) is 3.72. The molecule has 0 spiro atoms. The molecule has 1 heterocycles. The first kappa shape index (κ1) is 18.5. The number of ether oxygens (including phenoxy) is 2. The van der Waals surface area contributed by atoms with Crippen LogP contribution >= 0.6 is 0 Å². The number of nitrogens with one attached hydrogen (secondary N) is 1. The number of benzene rings is 1. The van der Waals surface area contributed by atoms with Gasteiger partial charge in [-0.3, -0.25) is 14.2 Å². The summed E-state index contributed by atoms with van der Waals surface area (Å²) < 4.78 is 12.4. The van der Waals surface area contributed by atoms with Gasteiger partial charge in [0, 0.05) is 24.8 Å². The average Bonchev–Trinajstić information content (AvgIpc) is 2.59. The molecule has 0 aliphatic carbocycles. The highest BCUT2D eigenvalue weighted by Gasteiger charge is 2.16. The van der Waals surface area contributed by atoms with E-state index in [0.717, 1.165) is 5.56 Å². The molecule has 2 aromatic rings. The zero-order valence-electron chi connectivity index (χ0n) is 14.9. The van der Waals surface area contributed by atoms with Crippen molar-refractivity contribution in [2.24, 2.45) is 0 Å². The minimum atomic E-state index is -0.691. The average molecular weight is 345 g/mol.